The molecule has 1 aliphatic heterocycles. The molecule has 0 radical (unpaired) electrons. The van der Waals surface area contributed by atoms with Gasteiger partial charge < -0.3 is 15.1 Å². The van der Waals surface area contributed by atoms with Crippen LogP contribution >= 0.6 is 11.3 Å². The zero-order valence-electron chi connectivity index (χ0n) is 17.7. The summed E-state index contributed by atoms with van der Waals surface area (Å²) in [4.78, 5) is 38.0. The normalized spacial score (nSPS) is 13.3. The molecule has 2 aromatic heterocycles. The van der Waals surface area contributed by atoms with E-state index in [-0.39, 0.29) is 18.1 Å². The number of hydrogen-bond acceptors (Lipinski definition) is 7. The topological polar surface area (TPSA) is 126 Å². The molecule has 1 aliphatic rings. The lowest BCUT2D eigenvalue weighted by molar-refractivity contribution is -0.136. The van der Waals surface area contributed by atoms with Crippen LogP contribution in [-0.4, -0.2) is 38.8 Å². The molecule has 0 fully saturated rings. The minimum Gasteiger partial charge on any atom is -0.461 e. The predicted molar refractivity (Wildman–Crippen MR) is 124 cm³/mol. The number of ketones is 1. The van der Waals surface area contributed by atoms with Gasteiger partial charge in [0.1, 0.15) is 0 Å². The van der Waals surface area contributed by atoms with Crippen molar-refractivity contribution in [3.8, 4) is 0 Å². The lowest BCUT2D eigenvalue weighted by Gasteiger charge is -2.29. The second kappa shape index (κ2) is 9.20. The molecule has 0 spiro atoms. The summed E-state index contributed by atoms with van der Waals surface area (Å²) < 4.78 is 30.5. The van der Waals surface area contributed by atoms with Crippen LogP contribution in [0.1, 0.15) is 32.3 Å². The summed E-state index contributed by atoms with van der Waals surface area (Å²) in [6, 6.07) is 11.5. The van der Waals surface area contributed by atoms with Gasteiger partial charge in [-0.05, 0) is 54.8 Å². The standard InChI is InChI=1S/C22H21N3O6S2/c1-33(29,30)25-10-2-4-14-6-7-15(12-17(14)25)24-22(28)21(27)23-13-16-8-9-19(32-16)20(26)18-5-3-11-31-18/h3,5-9,11-12H,2,4,10,13H2,1H3,(H,23,27)(H,24,28). The molecule has 0 aliphatic carbocycles. The van der Waals surface area contributed by atoms with Crippen molar-refractivity contribution in [1.82, 2.24) is 5.32 Å². The maximum atomic E-state index is 12.3. The smallest absolute Gasteiger partial charge is 0.313 e. The van der Waals surface area contributed by atoms with Gasteiger partial charge in [-0.1, -0.05) is 6.07 Å². The molecule has 2 N–H and O–H groups in total. The number of amides is 2. The van der Waals surface area contributed by atoms with E-state index in [0.29, 0.717) is 34.1 Å². The third kappa shape index (κ3) is 5.15. The van der Waals surface area contributed by atoms with Crippen molar-refractivity contribution in [2.75, 3.05) is 22.4 Å². The summed E-state index contributed by atoms with van der Waals surface area (Å²) in [7, 11) is -3.45. The summed E-state index contributed by atoms with van der Waals surface area (Å²) in [6.45, 7) is 0.448. The molecule has 33 heavy (non-hydrogen) atoms. The van der Waals surface area contributed by atoms with Crippen LogP contribution in [0.25, 0.3) is 0 Å². The number of nitrogens with zero attached hydrogens (tertiary/aromatic N) is 1. The highest BCUT2D eigenvalue weighted by atomic mass is 32.2. The van der Waals surface area contributed by atoms with Crippen LogP contribution in [0.2, 0.25) is 0 Å². The molecule has 2 amide bonds. The van der Waals surface area contributed by atoms with E-state index in [0.717, 1.165) is 18.2 Å². The fourth-order valence-electron chi connectivity index (χ4n) is 3.52. The number of fused-ring (bicyclic) bond motifs is 1. The Morgan fingerprint density at radius 3 is 2.67 bits per heavy atom. The molecule has 3 heterocycles. The van der Waals surface area contributed by atoms with Crippen molar-refractivity contribution >= 4 is 50.3 Å². The Hall–Kier alpha value is -3.44. The Morgan fingerprint density at radius 2 is 1.94 bits per heavy atom. The Morgan fingerprint density at radius 1 is 1.12 bits per heavy atom. The molecule has 9 nitrogen and oxygen atoms in total. The molecule has 0 saturated heterocycles. The van der Waals surface area contributed by atoms with Crippen LogP contribution in [0.15, 0.2) is 53.1 Å². The van der Waals surface area contributed by atoms with Gasteiger partial charge >= 0.3 is 11.8 Å². The maximum Gasteiger partial charge on any atom is 0.313 e. The average molecular weight is 488 g/mol. The van der Waals surface area contributed by atoms with Gasteiger partial charge in [0.05, 0.1) is 29.6 Å². The number of rotatable bonds is 6. The number of thiophene rings is 1. The Balaban J connectivity index is 1.37. The molecule has 11 heteroatoms. The molecule has 1 aromatic carbocycles. The van der Waals surface area contributed by atoms with Gasteiger partial charge in [-0.3, -0.25) is 18.7 Å². The van der Waals surface area contributed by atoms with E-state index in [4.69, 9.17) is 4.42 Å². The van der Waals surface area contributed by atoms with E-state index < -0.39 is 21.8 Å². The second-order valence-corrected chi connectivity index (χ2v) is 10.6. The molecule has 3 aromatic rings. The van der Waals surface area contributed by atoms with Gasteiger partial charge in [-0.2, -0.15) is 0 Å². The van der Waals surface area contributed by atoms with Gasteiger partial charge in [0.25, 0.3) is 0 Å². The number of benzene rings is 1. The fraction of sp³-hybridized carbons (Fsp3) is 0.227. The molecule has 172 valence electrons. The number of carbonyl (C=O) groups is 3. The summed E-state index contributed by atoms with van der Waals surface area (Å²) in [5.74, 6) is -1.75. The Bertz CT molecular complexity index is 1310. The van der Waals surface area contributed by atoms with Crippen molar-refractivity contribution < 1.29 is 27.2 Å². The van der Waals surface area contributed by atoms with Gasteiger partial charge in [0.2, 0.25) is 15.8 Å². The Kier molecular flexibility index (Phi) is 6.34. The van der Waals surface area contributed by atoms with Crippen molar-refractivity contribution in [1.29, 1.82) is 0 Å². The Labute approximate surface area is 194 Å². The molecular weight excluding hydrogens is 466 g/mol. The number of sulfonamides is 1. The van der Waals surface area contributed by atoms with Gasteiger partial charge in [0.15, 0.2) is 5.76 Å². The third-order valence-electron chi connectivity index (χ3n) is 5.08. The SMILES string of the molecule is CS(=O)(=O)N1CCCc2ccc(NC(=O)C(=O)NCc3ccc(C(=O)c4ccco4)s3)cc21. The highest BCUT2D eigenvalue weighted by molar-refractivity contribution is 7.92. The van der Waals surface area contributed by atoms with E-state index in [1.54, 1.807) is 42.5 Å². The van der Waals surface area contributed by atoms with Crippen LogP contribution in [0.4, 0.5) is 11.4 Å². The molecule has 0 unspecified atom stereocenters. The van der Waals surface area contributed by atoms with E-state index >= 15 is 0 Å². The lowest BCUT2D eigenvalue weighted by Crippen LogP contribution is -2.36. The molecule has 0 atom stereocenters. The molecule has 0 bridgehead atoms. The monoisotopic (exact) mass is 487 g/mol. The van der Waals surface area contributed by atoms with E-state index in [1.165, 1.54) is 21.9 Å². The first-order chi connectivity index (χ1) is 15.7. The fourth-order valence-corrected chi connectivity index (χ4v) is 5.40. The van der Waals surface area contributed by atoms with Crippen molar-refractivity contribution in [3.63, 3.8) is 0 Å². The van der Waals surface area contributed by atoms with Crippen molar-refractivity contribution in [2.24, 2.45) is 0 Å². The molecule has 0 saturated carbocycles. The van der Waals surface area contributed by atoms with Crippen LogP contribution in [0, 0.1) is 0 Å². The van der Waals surface area contributed by atoms with E-state index in [2.05, 4.69) is 10.6 Å². The average Bonchev–Trinajstić information content (AvgIpc) is 3.48. The first kappa shape index (κ1) is 22.7. The number of furan rings is 1. The summed E-state index contributed by atoms with van der Waals surface area (Å²) in [6.07, 6.45) is 4.01. The zero-order chi connectivity index (χ0) is 23.6. The van der Waals surface area contributed by atoms with Gasteiger partial charge in [0, 0.05) is 17.1 Å². The first-order valence-corrected chi connectivity index (χ1v) is 12.8. The number of hydrogen-bond donors (Lipinski definition) is 2. The maximum absolute atomic E-state index is 12.3. The lowest BCUT2D eigenvalue weighted by atomic mass is 10.0. The number of nitrogens with one attached hydrogen (secondary N) is 2. The van der Waals surface area contributed by atoms with Crippen LogP contribution in [0.5, 0.6) is 0 Å². The predicted octanol–water partition coefficient (Wildman–Crippen LogP) is 2.54. The number of carbonyl (C=O) groups excluding carboxylic acids is 3. The minimum atomic E-state index is -3.45. The van der Waals surface area contributed by atoms with Crippen LogP contribution in [-0.2, 0) is 32.6 Å². The third-order valence-corrected chi connectivity index (χ3v) is 7.34. The molecular formula is C22H21N3O6S2. The quantitative estimate of drug-likeness (QED) is 0.407. The van der Waals surface area contributed by atoms with Crippen molar-refractivity contribution in [2.45, 2.75) is 19.4 Å². The van der Waals surface area contributed by atoms with Crippen LogP contribution in [0.3, 0.4) is 0 Å². The highest BCUT2D eigenvalue weighted by Crippen LogP contribution is 2.31. The largest absolute Gasteiger partial charge is 0.461 e. The number of aryl methyl sites for hydroxylation is 1. The van der Waals surface area contributed by atoms with Crippen LogP contribution < -0.4 is 14.9 Å². The van der Waals surface area contributed by atoms with Gasteiger partial charge in [-0.15, -0.1) is 11.3 Å². The van der Waals surface area contributed by atoms with E-state index in [1.807, 2.05) is 0 Å². The van der Waals surface area contributed by atoms with Crippen molar-refractivity contribution in [3.05, 3.63) is 69.8 Å². The van der Waals surface area contributed by atoms with Gasteiger partial charge in [-0.25, -0.2) is 8.42 Å². The summed E-state index contributed by atoms with van der Waals surface area (Å²) in [5, 5.41) is 5.03. The minimum absolute atomic E-state index is 0.0778. The summed E-state index contributed by atoms with van der Waals surface area (Å²) in [5.41, 5.74) is 1.70. The zero-order valence-corrected chi connectivity index (χ0v) is 19.3. The first-order valence-electron chi connectivity index (χ1n) is 10.1. The number of anilines is 2. The molecule has 4 rings (SSSR count). The van der Waals surface area contributed by atoms with E-state index in [9.17, 15) is 22.8 Å². The highest BCUT2D eigenvalue weighted by Gasteiger charge is 2.25. The second-order valence-electron chi connectivity index (χ2n) is 7.49. The summed E-state index contributed by atoms with van der Waals surface area (Å²) >= 11 is 1.20.